The van der Waals surface area contributed by atoms with Crippen LogP contribution in [0.5, 0.6) is 0 Å². The Morgan fingerprint density at radius 1 is 1.03 bits per heavy atom. The first kappa shape index (κ1) is 22.0. The van der Waals surface area contributed by atoms with Crippen molar-refractivity contribution >= 4 is 16.9 Å². The minimum absolute atomic E-state index is 0.424. The fourth-order valence-electron chi connectivity index (χ4n) is 3.77. The van der Waals surface area contributed by atoms with E-state index in [0.29, 0.717) is 17.2 Å². The van der Waals surface area contributed by atoms with Crippen molar-refractivity contribution < 1.29 is 14.6 Å². The Bertz CT molecular complexity index is 1080. The number of carbonyl (C=O) groups is 1. The molecule has 0 fully saturated rings. The van der Waals surface area contributed by atoms with Crippen LogP contribution in [0.4, 0.5) is 0 Å². The van der Waals surface area contributed by atoms with Gasteiger partial charge in [0.2, 0.25) is 0 Å². The Morgan fingerprint density at radius 3 is 2.20 bits per heavy atom. The number of carboxylic acid groups (broad SMARTS) is 1. The maximum atomic E-state index is 12.3. The summed E-state index contributed by atoms with van der Waals surface area (Å²) >= 11 is 0. The van der Waals surface area contributed by atoms with E-state index in [0.717, 1.165) is 27.6 Å². The third kappa shape index (κ3) is 4.54. The second kappa shape index (κ2) is 8.19. The van der Waals surface area contributed by atoms with Crippen LogP contribution < -0.4 is 0 Å². The number of aromatic nitrogens is 1. The lowest BCUT2D eigenvalue weighted by Gasteiger charge is -2.28. The summed E-state index contributed by atoms with van der Waals surface area (Å²) in [5.74, 6) is -0.589. The van der Waals surface area contributed by atoms with Crippen LogP contribution in [-0.4, -0.2) is 21.7 Å². The highest BCUT2D eigenvalue weighted by atomic mass is 16.5. The summed E-state index contributed by atoms with van der Waals surface area (Å²) in [7, 11) is 0. The number of benzene rings is 2. The third-order valence-corrected chi connectivity index (χ3v) is 5.19. The Kier molecular flexibility index (Phi) is 6.00. The van der Waals surface area contributed by atoms with Gasteiger partial charge >= 0.3 is 5.97 Å². The summed E-state index contributed by atoms with van der Waals surface area (Å²) in [6.07, 6.45) is -1.11. The number of aliphatic carboxylic acids is 1. The van der Waals surface area contributed by atoms with Crippen LogP contribution in [0, 0.1) is 13.8 Å². The van der Waals surface area contributed by atoms with Crippen LogP contribution in [0.2, 0.25) is 0 Å². The first-order chi connectivity index (χ1) is 14.0. The van der Waals surface area contributed by atoms with Gasteiger partial charge in [0.15, 0.2) is 6.10 Å². The van der Waals surface area contributed by atoms with E-state index in [1.54, 1.807) is 0 Å². The second-order valence-corrected chi connectivity index (χ2v) is 9.23. The normalized spacial score (nSPS) is 13.1. The minimum Gasteiger partial charge on any atom is -0.479 e. The summed E-state index contributed by atoms with van der Waals surface area (Å²) in [6, 6.07) is 14.5. The average Bonchev–Trinajstić information content (AvgIpc) is 2.64. The molecule has 30 heavy (non-hydrogen) atoms. The zero-order valence-corrected chi connectivity index (χ0v) is 18.9. The number of hydrogen-bond donors (Lipinski definition) is 1. The van der Waals surface area contributed by atoms with E-state index >= 15 is 0 Å². The van der Waals surface area contributed by atoms with Gasteiger partial charge in [-0.05, 0) is 68.9 Å². The van der Waals surface area contributed by atoms with Gasteiger partial charge in [-0.2, -0.15) is 0 Å². The molecule has 3 aromatic rings. The Hall–Kier alpha value is -2.72. The van der Waals surface area contributed by atoms with E-state index in [1.807, 2.05) is 52.8 Å². The van der Waals surface area contributed by atoms with E-state index in [1.165, 1.54) is 5.56 Å². The van der Waals surface area contributed by atoms with Crippen molar-refractivity contribution in [1.29, 1.82) is 0 Å². The lowest BCUT2D eigenvalue weighted by Crippen LogP contribution is -2.28. The van der Waals surface area contributed by atoms with Gasteiger partial charge in [-0.1, -0.05) is 50.2 Å². The van der Waals surface area contributed by atoms with Crippen molar-refractivity contribution in [2.75, 3.05) is 0 Å². The highest BCUT2D eigenvalue weighted by Gasteiger charge is 2.32. The fourth-order valence-corrected chi connectivity index (χ4v) is 3.77. The van der Waals surface area contributed by atoms with E-state index < -0.39 is 17.7 Å². The molecule has 3 rings (SSSR count). The number of carboxylic acids is 1. The molecule has 2 aromatic carbocycles. The largest absolute Gasteiger partial charge is 0.479 e. The minimum atomic E-state index is -1.11. The molecule has 1 aromatic heterocycles. The molecule has 0 amide bonds. The highest BCUT2D eigenvalue weighted by Crippen LogP contribution is 2.39. The van der Waals surface area contributed by atoms with Gasteiger partial charge in [0, 0.05) is 16.6 Å². The standard InChI is InChI=1S/C26H31NO3/c1-15(2)18-9-11-19(12-10-18)23-20-13-8-16(3)14-21(20)27-17(4)22(23)24(25(28)29)30-26(5,6)7/h8-15,24H,1-7H3,(H,28,29)/t24-/m0/s1. The molecule has 0 spiro atoms. The molecule has 0 aliphatic heterocycles. The average molecular weight is 406 g/mol. The van der Waals surface area contributed by atoms with Crippen molar-refractivity contribution in [3.05, 3.63) is 64.8 Å². The first-order valence-electron chi connectivity index (χ1n) is 10.4. The van der Waals surface area contributed by atoms with Crippen LogP contribution in [0.25, 0.3) is 22.0 Å². The fraction of sp³-hybridized carbons (Fsp3) is 0.385. The molecular weight excluding hydrogens is 374 g/mol. The molecule has 1 heterocycles. The van der Waals surface area contributed by atoms with E-state index in [2.05, 4.69) is 38.1 Å². The summed E-state index contributed by atoms with van der Waals surface area (Å²) in [5.41, 5.74) is 5.74. The number of ether oxygens (including phenoxy) is 1. The van der Waals surface area contributed by atoms with E-state index in [4.69, 9.17) is 9.72 Å². The zero-order chi connectivity index (χ0) is 22.2. The highest BCUT2D eigenvalue weighted by molar-refractivity contribution is 5.98. The molecule has 158 valence electrons. The molecule has 0 saturated heterocycles. The van der Waals surface area contributed by atoms with Crippen molar-refractivity contribution in [2.45, 2.75) is 66.1 Å². The summed E-state index contributed by atoms with van der Waals surface area (Å²) < 4.78 is 6.02. The summed E-state index contributed by atoms with van der Waals surface area (Å²) in [4.78, 5) is 17.1. The number of fused-ring (bicyclic) bond motifs is 1. The van der Waals surface area contributed by atoms with Crippen molar-refractivity contribution in [2.24, 2.45) is 0 Å². The molecule has 0 radical (unpaired) electrons. The van der Waals surface area contributed by atoms with Crippen LogP contribution in [0.1, 0.15) is 69.0 Å². The van der Waals surface area contributed by atoms with Crippen molar-refractivity contribution in [3.8, 4) is 11.1 Å². The maximum Gasteiger partial charge on any atom is 0.337 e. The summed E-state index contributed by atoms with van der Waals surface area (Å²) in [5, 5.41) is 11.0. The summed E-state index contributed by atoms with van der Waals surface area (Å²) in [6.45, 7) is 13.8. The maximum absolute atomic E-state index is 12.3. The molecule has 1 atom stereocenters. The van der Waals surface area contributed by atoms with Gasteiger partial charge in [-0.15, -0.1) is 0 Å². The van der Waals surface area contributed by atoms with Crippen LogP contribution >= 0.6 is 0 Å². The van der Waals surface area contributed by atoms with Gasteiger partial charge < -0.3 is 9.84 Å². The molecular formula is C26H31NO3. The first-order valence-corrected chi connectivity index (χ1v) is 10.4. The molecule has 0 aliphatic rings. The van der Waals surface area contributed by atoms with Gasteiger partial charge in [-0.3, -0.25) is 4.98 Å². The molecule has 0 unspecified atom stereocenters. The molecule has 1 N–H and O–H groups in total. The third-order valence-electron chi connectivity index (χ3n) is 5.19. The topological polar surface area (TPSA) is 59.4 Å². The SMILES string of the molecule is Cc1ccc2c(-c3ccc(C(C)C)cc3)c([C@H](OC(C)(C)C)C(=O)O)c(C)nc2c1. The van der Waals surface area contributed by atoms with E-state index in [9.17, 15) is 9.90 Å². The van der Waals surface area contributed by atoms with E-state index in [-0.39, 0.29) is 0 Å². The number of hydrogen-bond acceptors (Lipinski definition) is 3. The van der Waals surface area contributed by atoms with Gasteiger partial charge in [-0.25, -0.2) is 4.79 Å². The molecule has 0 aliphatic carbocycles. The molecule has 0 saturated carbocycles. The smallest absolute Gasteiger partial charge is 0.337 e. The lowest BCUT2D eigenvalue weighted by atomic mass is 9.89. The van der Waals surface area contributed by atoms with Gasteiger partial charge in [0.25, 0.3) is 0 Å². The van der Waals surface area contributed by atoms with Crippen molar-refractivity contribution in [1.82, 2.24) is 4.98 Å². The van der Waals surface area contributed by atoms with Crippen LogP contribution in [-0.2, 0) is 9.53 Å². The number of rotatable bonds is 5. The Morgan fingerprint density at radius 2 is 1.67 bits per heavy atom. The van der Waals surface area contributed by atoms with Crippen LogP contribution in [0.15, 0.2) is 42.5 Å². The predicted molar refractivity (Wildman–Crippen MR) is 122 cm³/mol. The number of pyridine rings is 1. The number of nitrogens with zero attached hydrogens (tertiary/aromatic N) is 1. The van der Waals surface area contributed by atoms with Gasteiger partial charge in [0.1, 0.15) is 0 Å². The van der Waals surface area contributed by atoms with Gasteiger partial charge in [0.05, 0.1) is 11.1 Å². The second-order valence-electron chi connectivity index (χ2n) is 9.23. The quantitative estimate of drug-likeness (QED) is 0.521. The zero-order valence-electron chi connectivity index (χ0n) is 18.9. The Labute approximate surface area is 178 Å². The molecule has 4 heteroatoms. The number of aryl methyl sites for hydroxylation is 2. The Balaban J connectivity index is 2.35. The lowest BCUT2D eigenvalue weighted by molar-refractivity contribution is -0.160. The van der Waals surface area contributed by atoms with Crippen molar-refractivity contribution in [3.63, 3.8) is 0 Å². The monoisotopic (exact) mass is 405 g/mol. The molecule has 0 bridgehead atoms. The molecule has 4 nitrogen and oxygen atoms in total. The predicted octanol–water partition coefficient (Wildman–Crippen LogP) is 6.58. The van der Waals surface area contributed by atoms with Crippen LogP contribution in [0.3, 0.4) is 0 Å².